The third-order valence-electron chi connectivity index (χ3n) is 2.98. The number of hydrogen-bond acceptors (Lipinski definition) is 1. The predicted octanol–water partition coefficient (Wildman–Crippen LogP) is 3.82. The Hall–Kier alpha value is -1.80. The topological polar surface area (TPSA) is 20.3 Å². The van der Waals surface area contributed by atoms with E-state index in [1.807, 2.05) is 54.6 Å². The van der Waals surface area contributed by atoms with Gasteiger partial charge in [-0.25, -0.2) is 0 Å². The van der Waals surface area contributed by atoms with Crippen LogP contribution in [0.5, 0.6) is 0 Å². The lowest BCUT2D eigenvalue weighted by atomic mass is 9.95. The summed E-state index contributed by atoms with van der Waals surface area (Å²) in [6.07, 6.45) is 11.7. The number of allylic oxidation sites excluding steroid dienone is 4. The minimum absolute atomic E-state index is 0.0445. The summed E-state index contributed by atoms with van der Waals surface area (Å²) in [7, 11) is 0. The third-order valence-corrected chi connectivity index (χ3v) is 3.20. The Morgan fingerprint density at radius 3 is 2.26 bits per heavy atom. The van der Waals surface area contributed by atoms with E-state index < -0.39 is 0 Å². The Morgan fingerprint density at radius 2 is 1.68 bits per heavy atom. The van der Waals surface area contributed by atoms with Gasteiger partial charge >= 0.3 is 0 Å². The molecule has 0 N–H and O–H groups in total. The predicted molar refractivity (Wildman–Crippen MR) is 78.8 cm³/mol. The van der Waals surface area contributed by atoms with Crippen LogP contribution < -0.4 is 0 Å². The standard InChI is InChI=1S/C16H16ClNO/c17-11-10-15(14-8-4-3-5-9-14)16(19)18-12-6-1-2-7-13-18/h1-9,12-13,15H,10-11H2. The molecule has 1 heterocycles. The normalized spacial score (nSPS) is 15.3. The highest BCUT2D eigenvalue weighted by molar-refractivity contribution is 6.18. The number of carbonyl (C=O) groups is 1. The van der Waals surface area contributed by atoms with Crippen LogP contribution in [0.25, 0.3) is 0 Å². The van der Waals surface area contributed by atoms with Crippen LogP contribution in [0.4, 0.5) is 0 Å². The van der Waals surface area contributed by atoms with Gasteiger partial charge in [0.25, 0.3) is 0 Å². The number of hydrogen-bond donors (Lipinski definition) is 0. The first-order chi connectivity index (χ1) is 9.33. The monoisotopic (exact) mass is 273 g/mol. The second kappa shape index (κ2) is 6.95. The lowest BCUT2D eigenvalue weighted by molar-refractivity contribution is -0.128. The summed E-state index contributed by atoms with van der Waals surface area (Å²) in [5, 5.41) is 0. The lowest BCUT2D eigenvalue weighted by Crippen LogP contribution is -2.27. The van der Waals surface area contributed by atoms with Crippen molar-refractivity contribution < 1.29 is 4.79 Å². The Kier molecular flexibility index (Phi) is 4.99. The quantitative estimate of drug-likeness (QED) is 0.764. The van der Waals surface area contributed by atoms with Crippen molar-refractivity contribution in [2.24, 2.45) is 0 Å². The minimum Gasteiger partial charge on any atom is -0.294 e. The first-order valence-electron chi connectivity index (χ1n) is 6.27. The summed E-state index contributed by atoms with van der Waals surface area (Å²) in [5.74, 6) is 0.305. The largest absolute Gasteiger partial charge is 0.294 e. The molecule has 0 saturated carbocycles. The van der Waals surface area contributed by atoms with Gasteiger partial charge in [0.05, 0.1) is 5.92 Å². The number of alkyl halides is 1. The van der Waals surface area contributed by atoms with Crippen LogP contribution in [0.15, 0.2) is 67.0 Å². The zero-order chi connectivity index (χ0) is 13.5. The van der Waals surface area contributed by atoms with Gasteiger partial charge in [-0.1, -0.05) is 42.5 Å². The van der Waals surface area contributed by atoms with Crippen molar-refractivity contribution in [3.8, 4) is 0 Å². The van der Waals surface area contributed by atoms with Crippen molar-refractivity contribution in [3.63, 3.8) is 0 Å². The smallest absolute Gasteiger partial charge is 0.238 e. The summed E-state index contributed by atoms with van der Waals surface area (Å²) in [6.45, 7) is 0. The highest BCUT2D eigenvalue weighted by atomic mass is 35.5. The Balaban J connectivity index is 2.22. The molecule has 0 bridgehead atoms. The average Bonchev–Trinajstić information content (AvgIpc) is 2.74. The second-order valence-corrected chi connectivity index (χ2v) is 4.63. The fourth-order valence-corrected chi connectivity index (χ4v) is 2.24. The maximum Gasteiger partial charge on any atom is 0.238 e. The first-order valence-corrected chi connectivity index (χ1v) is 6.81. The maximum atomic E-state index is 12.6. The van der Waals surface area contributed by atoms with E-state index in [1.165, 1.54) is 0 Å². The molecule has 0 aliphatic carbocycles. The molecule has 1 amide bonds. The van der Waals surface area contributed by atoms with E-state index in [9.17, 15) is 4.79 Å². The van der Waals surface area contributed by atoms with E-state index in [0.29, 0.717) is 12.3 Å². The number of rotatable bonds is 4. The molecule has 1 aromatic rings. The van der Waals surface area contributed by atoms with Crippen LogP contribution in [0, 0.1) is 0 Å². The van der Waals surface area contributed by atoms with Gasteiger partial charge in [0, 0.05) is 18.3 Å². The molecular weight excluding hydrogens is 258 g/mol. The highest BCUT2D eigenvalue weighted by Gasteiger charge is 2.23. The van der Waals surface area contributed by atoms with Crippen molar-refractivity contribution >= 4 is 17.5 Å². The summed E-state index contributed by atoms with van der Waals surface area (Å²) in [5.41, 5.74) is 1.01. The Bertz CT molecular complexity index is 489. The van der Waals surface area contributed by atoms with E-state index in [4.69, 9.17) is 11.6 Å². The molecule has 0 spiro atoms. The van der Waals surface area contributed by atoms with Crippen LogP contribution in [-0.4, -0.2) is 16.7 Å². The van der Waals surface area contributed by atoms with Gasteiger partial charge in [0.1, 0.15) is 0 Å². The van der Waals surface area contributed by atoms with Gasteiger partial charge in [0.2, 0.25) is 5.91 Å². The van der Waals surface area contributed by atoms with Gasteiger partial charge in [0.15, 0.2) is 0 Å². The van der Waals surface area contributed by atoms with Crippen LogP contribution in [0.3, 0.4) is 0 Å². The van der Waals surface area contributed by atoms with Crippen molar-refractivity contribution in [2.75, 3.05) is 5.88 Å². The molecule has 0 radical (unpaired) electrons. The van der Waals surface area contributed by atoms with Gasteiger partial charge in [-0.3, -0.25) is 9.69 Å². The molecule has 1 aliphatic rings. The number of amides is 1. The molecule has 98 valence electrons. The van der Waals surface area contributed by atoms with Crippen LogP contribution in [-0.2, 0) is 4.79 Å². The van der Waals surface area contributed by atoms with Gasteiger partial charge in [-0.15, -0.1) is 11.6 Å². The molecule has 19 heavy (non-hydrogen) atoms. The van der Waals surface area contributed by atoms with E-state index in [0.717, 1.165) is 5.56 Å². The highest BCUT2D eigenvalue weighted by Crippen LogP contribution is 2.23. The fraction of sp³-hybridized carbons (Fsp3) is 0.188. The van der Waals surface area contributed by atoms with E-state index in [1.54, 1.807) is 17.3 Å². The van der Waals surface area contributed by atoms with Crippen molar-refractivity contribution in [1.82, 2.24) is 4.90 Å². The first kappa shape index (κ1) is 13.6. The van der Waals surface area contributed by atoms with Crippen LogP contribution in [0.1, 0.15) is 17.9 Å². The van der Waals surface area contributed by atoms with Crippen molar-refractivity contribution in [2.45, 2.75) is 12.3 Å². The van der Waals surface area contributed by atoms with Crippen molar-refractivity contribution in [1.29, 1.82) is 0 Å². The molecular formula is C16H16ClNO. The van der Waals surface area contributed by atoms with Crippen molar-refractivity contribution in [3.05, 3.63) is 72.6 Å². The molecule has 1 atom stereocenters. The number of nitrogens with zero attached hydrogens (tertiary/aromatic N) is 1. The molecule has 1 aliphatic heterocycles. The molecule has 0 fully saturated rings. The SMILES string of the molecule is O=C(C(CCCl)c1ccccc1)N1C=CC=CC=C1. The summed E-state index contributed by atoms with van der Waals surface area (Å²) >= 11 is 5.84. The van der Waals surface area contributed by atoms with E-state index in [2.05, 4.69) is 0 Å². The molecule has 0 aromatic heterocycles. The molecule has 0 saturated heterocycles. The number of carbonyl (C=O) groups excluding carboxylic acids is 1. The maximum absolute atomic E-state index is 12.6. The van der Waals surface area contributed by atoms with Crippen LogP contribution >= 0.6 is 11.6 Å². The zero-order valence-electron chi connectivity index (χ0n) is 10.6. The number of halogens is 1. The average molecular weight is 274 g/mol. The van der Waals surface area contributed by atoms with Gasteiger partial charge in [-0.05, 0) is 24.1 Å². The minimum atomic E-state index is -0.203. The Morgan fingerprint density at radius 1 is 1.05 bits per heavy atom. The summed E-state index contributed by atoms with van der Waals surface area (Å²) in [4.78, 5) is 14.2. The Labute approximate surface area is 118 Å². The van der Waals surface area contributed by atoms with Crippen LogP contribution in [0.2, 0.25) is 0 Å². The van der Waals surface area contributed by atoms with E-state index in [-0.39, 0.29) is 11.8 Å². The van der Waals surface area contributed by atoms with Gasteiger partial charge < -0.3 is 0 Å². The fourth-order valence-electron chi connectivity index (χ4n) is 2.02. The zero-order valence-corrected chi connectivity index (χ0v) is 11.3. The number of benzene rings is 1. The molecule has 3 heteroatoms. The second-order valence-electron chi connectivity index (χ2n) is 4.25. The molecule has 1 unspecified atom stereocenters. The summed E-state index contributed by atoms with van der Waals surface area (Å²) < 4.78 is 0. The molecule has 2 nitrogen and oxygen atoms in total. The molecule has 1 aromatic carbocycles. The third kappa shape index (κ3) is 3.58. The van der Waals surface area contributed by atoms with E-state index >= 15 is 0 Å². The van der Waals surface area contributed by atoms with Gasteiger partial charge in [-0.2, -0.15) is 0 Å². The lowest BCUT2D eigenvalue weighted by Gasteiger charge is -2.21. The summed E-state index contributed by atoms with van der Waals surface area (Å²) in [6, 6.07) is 9.78. The molecule has 2 rings (SSSR count).